The summed E-state index contributed by atoms with van der Waals surface area (Å²) < 4.78 is 5.40. The molecule has 1 saturated heterocycles. The van der Waals surface area contributed by atoms with E-state index in [0.717, 1.165) is 32.5 Å². The standard InChI is InChI=1S/C11H22O2/c1-4-9(2)11(3,12)10-6-5-7-13-8-10/h9-10,12H,4-8H2,1-3H3. The third kappa shape index (κ3) is 2.44. The summed E-state index contributed by atoms with van der Waals surface area (Å²) in [5, 5.41) is 10.3. The van der Waals surface area contributed by atoms with Crippen LogP contribution in [0.5, 0.6) is 0 Å². The van der Waals surface area contributed by atoms with Crippen LogP contribution in [0.2, 0.25) is 0 Å². The predicted octanol–water partition coefficient (Wildman–Crippen LogP) is 2.21. The molecule has 0 aliphatic carbocycles. The van der Waals surface area contributed by atoms with Crippen molar-refractivity contribution >= 4 is 0 Å². The molecule has 0 spiro atoms. The Morgan fingerprint density at radius 2 is 2.31 bits per heavy atom. The molecule has 0 radical (unpaired) electrons. The van der Waals surface area contributed by atoms with Crippen LogP contribution in [0.4, 0.5) is 0 Å². The first-order chi connectivity index (χ1) is 6.09. The molecule has 3 atom stereocenters. The van der Waals surface area contributed by atoms with Crippen LogP contribution in [0.3, 0.4) is 0 Å². The van der Waals surface area contributed by atoms with Gasteiger partial charge in [0.2, 0.25) is 0 Å². The molecular weight excluding hydrogens is 164 g/mol. The average molecular weight is 186 g/mol. The van der Waals surface area contributed by atoms with Crippen molar-refractivity contribution in [3.05, 3.63) is 0 Å². The monoisotopic (exact) mass is 186 g/mol. The van der Waals surface area contributed by atoms with E-state index in [2.05, 4.69) is 13.8 Å². The van der Waals surface area contributed by atoms with Gasteiger partial charge in [-0.1, -0.05) is 20.3 Å². The van der Waals surface area contributed by atoms with E-state index in [1.807, 2.05) is 6.92 Å². The van der Waals surface area contributed by atoms with Gasteiger partial charge in [-0.15, -0.1) is 0 Å². The van der Waals surface area contributed by atoms with Crippen LogP contribution in [0.25, 0.3) is 0 Å². The van der Waals surface area contributed by atoms with Gasteiger partial charge < -0.3 is 9.84 Å². The number of aliphatic hydroxyl groups is 1. The minimum Gasteiger partial charge on any atom is -0.390 e. The van der Waals surface area contributed by atoms with Crippen molar-refractivity contribution in [1.82, 2.24) is 0 Å². The maximum Gasteiger partial charge on any atom is 0.0695 e. The minimum atomic E-state index is -0.546. The normalized spacial score (nSPS) is 30.9. The van der Waals surface area contributed by atoms with Crippen LogP contribution in [0, 0.1) is 11.8 Å². The molecule has 0 amide bonds. The van der Waals surface area contributed by atoms with Crippen LogP contribution < -0.4 is 0 Å². The summed E-state index contributed by atoms with van der Waals surface area (Å²) in [6, 6.07) is 0. The number of rotatable bonds is 3. The van der Waals surface area contributed by atoms with Crippen LogP contribution in [-0.4, -0.2) is 23.9 Å². The topological polar surface area (TPSA) is 29.5 Å². The molecule has 0 aromatic heterocycles. The molecule has 1 N–H and O–H groups in total. The van der Waals surface area contributed by atoms with Gasteiger partial charge in [0, 0.05) is 12.5 Å². The SMILES string of the molecule is CCC(C)C(C)(O)C1CCCOC1. The Hall–Kier alpha value is -0.0800. The lowest BCUT2D eigenvalue weighted by atomic mass is 9.76. The highest BCUT2D eigenvalue weighted by Crippen LogP contribution is 2.33. The summed E-state index contributed by atoms with van der Waals surface area (Å²) in [7, 11) is 0. The van der Waals surface area contributed by atoms with Crippen molar-refractivity contribution < 1.29 is 9.84 Å². The van der Waals surface area contributed by atoms with Crippen molar-refractivity contribution in [2.75, 3.05) is 13.2 Å². The molecule has 0 aromatic carbocycles. The molecule has 78 valence electrons. The van der Waals surface area contributed by atoms with Crippen molar-refractivity contribution in [2.45, 2.75) is 45.6 Å². The second kappa shape index (κ2) is 4.43. The minimum absolute atomic E-state index is 0.330. The molecule has 0 saturated carbocycles. The number of hydrogen-bond acceptors (Lipinski definition) is 2. The van der Waals surface area contributed by atoms with E-state index >= 15 is 0 Å². The summed E-state index contributed by atoms with van der Waals surface area (Å²) in [6.45, 7) is 7.81. The summed E-state index contributed by atoms with van der Waals surface area (Å²) in [5.41, 5.74) is -0.546. The van der Waals surface area contributed by atoms with Crippen molar-refractivity contribution in [3.63, 3.8) is 0 Å². The molecule has 1 fully saturated rings. The van der Waals surface area contributed by atoms with Crippen LogP contribution in [0.1, 0.15) is 40.0 Å². The Morgan fingerprint density at radius 1 is 1.62 bits per heavy atom. The van der Waals surface area contributed by atoms with E-state index in [1.165, 1.54) is 0 Å². The summed E-state index contributed by atoms with van der Waals surface area (Å²) in [5.74, 6) is 0.690. The molecule has 0 aromatic rings. The van der Waals surface area contributed by atoms with Gasteiger partial charge in [0.15, 0.2) is 0 Å². The Kier molecular flexibility index (Phi) is 3.74. The van der Waals surface area contributed by atoms with E-state index in [0.29, 0.717) is 11.8 Å². The molecular formula is C11H22O2. The first kappa shape index (κ1) is 11.0. The van der Waals surface area contributed by atoms with Gasteiger partial charge >= 0.3 is 0 Å². The zero-order valence-corrected chi connectivity index (χ0v) is 9.05. The van der Waals surface area contributed by atoms with Gasteiger partial charge in [0.1, 0.15) is 0 Å². The molecule has 1 rings (SSSR count). The molecule has 1 heterocycles. The predicted molar refractivity (Wildman–Crippen MR) is 53.6 cm³/mol. The quantitative estimate of drug-likeness (QED) is 0.732. The van der Waals surface area contributed by atoms with E-state index in [1.54, 1.807) is 0 Å². The lowest BCUT2D eigenvalue weighted by molar-refractivity contribution is -0.0983. The van der Waals surface area contributed by atoms with Crippen LogP contribution in [0.15, 0.2) is 0 Å². The number of hydrogen-bond donors (Lipinski definition) is 1. The second-order valence-electron chi connectivity index (χ2n) is 4.45. The highest BCUT2D eigenvalue weighted by atomic mass is 16.5. The van der Waals surface area contributed by atoms with Crippen LogP contribution in [-0.2, 0) is 4.74 Å². The Balaban J connectivity index is 2.55. The smallest absolute Gasteiger partial charge is 0.0695 e. The zero-order valence-electron chi connectivity index (χ0n) is 9.05. The first-order valence-electron chi connectivity index (χ1n) is 5.39. The maximum absolute atomic E-state index is 10.3. The fourth-order valence-corrected chi connectivity index (χ4v) is 2.02. The van der Waals surface area contributed by atoms with Gasteiger partial charge in [-0.05, 0) is 25.7 Å². The highest BCUT2D eigenvalue weighted by Gasteiger charge is 2.37. The van der Waals surface area contributed by atoms with Crippen molar-refractivity contribution in [2.24, 2.45) is 11.8 Å². The van der Waals surface area contributed by atoms with Crippen LogP contribution >= 0.6 is 0 Å². The molecule has 1 aliphatic rings. The molecule has 0 bridgehead atoms. The molecule has 3 unspecified atom stereocenters. The molecule has 1 aliphatic heterocycles. The molecule has 2 nitrogen and oxygen atoms in total. The summed E-state index contributed by atoms with van der Waals surface area (Å²) in [4.78, 5) is 0. The van der Waals surface area contributed by atoms with Gasteiger partial charge in [-0.2, -0.15) is 0 Å². The zero-order chi connectivity index (χ0) is 9.90. The lowest BCUT2D eigenvalue weighted by Gasteiger charge is -2.39. The summed E-state index contributed by atoms with van der Waals surface area (Å²) >= 11 is 0. The van der Waals surface area contributed by atoms with E-state index in [-0.39, 0.29) is 0 Å². The Labute approximate surface area is 81.3 Å². The Morgan fingerprint density at radius 3 is 2.77 bits per heavy atom. The third-order valence-electron chi connectivity index (χ3n) is 3.60. The Bertz CT molecular complexity index is 148. The molecule has 2 heteroatoms. The van der Waals surface area contributed by atoms with E-state index in [9.17, 15) is 5.11 Å². The summed E-state index contributed by atoms with van der Waals surface area (Å²) in [6.07, 6.45) is 3.23. The van der Waals surface area contributed by atoms with Gasteiger partial charge in [0.25, 0.3) is 0 Å². The van der Waals surface area contributed by atoms with E-state index < -0.39 is 5.60 Å². The average Bonchev–Trinajstić information content (AvgIpc) is 2.18. The van der Waals surface area contributed by atoms with E-state index in [4.69, 9.17) is 4.74 Å². The number of ether oxygens (including phenoxy) is 1. The fourth-order valence-electron chi connectivity index (χ4n) is 2.02. The first-order valence-corrected chi connectivity index (χ1v) is 5.39. The third-order valence-corrected chi connectivity index (χ3v) is 3.60. The molecule has 13 heavy (non-hydrogen) atoms. The van der Waals surface area contributed by atoms with Gasteiger partial charge in [-0.3, -0.25) is 0 Å². The second-order valence-corrected chi connectivity index (χ2v) is 4.45. The van der Waals surface area contributed by atoms with Crippen molar-refractivity contribution in [1.29, 1.82) is 0 Å². The highest BCUT2D eigenvalue weighted by molar-refractivity contribution is 4.87. The fraction of sp³-hybridized carbons (Fsp3) is 1.00. The van der Waals surface area contributed by atoms with Gasteiger partial charge in [-0.25, -0.2) is 0 Å². The lowest BCUT2D eigenvalue weighted by Crippen LogP contribution is -2.44. The van der Waals surface area contributed by atoms with Crippen molar-refractivity contribution in [3.8, 4) is 0 Å². The maximum atomic E-state index is 10.3. The largest absolute Gasteiger partial charge is 0.390 e. The van der Waals surface area contributed by atoms with Gasteiger partial charge in [0.05, 0.1) is 12.2 Å².